The molecular weight excluding hydrogens is 344 g/mol. The van der Waals surface area contributed by atoms with Gasteiger partial charge in [0.25, 0.3) is 0 Å². The first-order chi connectivity index (χ1) is 12.9. The van der Waals surface area contributed by atoms with Gasteiger partial charge in [-0.2, -0.15) is 5.26 Å². The number of nitrogens with zero attached hydrogens (tertiary/aromatic N) is 1. The number of amides is 1. The van der Waals surface area contributed by atoms with Gasteiger partial charge in [-0.1, -0.05) is 12.1 Å². The summed E-state index contributed by atoms with van der Waals surface area (Å²) in [5.41, 5.74) is 0.757. The van der Waals surface area contributed by atoms with E-state index in [9.17, 15) is 14.7 Å². The summed E-state index contributed by atoms with van der Waals surface area (Å²) in [6.07, 6.45) is 5.95. The molecule has 0 spiro atoms. The standard InChI is InChI=1S/C21H24N2O4/c22-12-14-3-1-2-13(4-14)8-18(19(24)25)23-20(26)27-21-9-15-5-16(10-21)7-17(6-15)11-21/h1-4,15-18H,5-11H2,(H,23,26)(H,24,25)/t15?,16?,17?,18-,21?/m0/s1. The van der Waals surface area contributed by atoms with E-state index in [1.165, 1.54) is 19.3 Å². The third-order valence-corrected chi connectivity index (χ3v) is 6.38. The summed E-state index contributed by atoms with van der Waals surface area (Å²) in [5.74, 6) is 0.828. The van der Waals surface area contributed by atoms with Crippen LogP contribution in [-0.2, 0) is 16.0 Å². The molecule has 0 heterocycles. The molecule has 4 saturated carbocycles. The van der Waals surface area contributed by atoms with Crippen molar-refractivity contribution in [3.8, 4) is 6.07 Å². The molecule has 0 aliphatic heterocycles. The van der Waals surface area contributed by atoms with E-state index >= 15 is 0 Å². The zero-order chi connectivity index (χ0) is 19.0. The average Bonchev–Trinajstić information content (AvgIpc) is 2.59. The molecule has 0 aromatic heterocycles. The molecule has 4 aliphatic carbocycles. The minimum absolute atomic E-state index is 0.112. The Kier molecular flexibility index (Phi) is 4.55. The Morgan fingerprint density at radius 2 is 1.85 bits per heavy atom. The molecule has 142 valence electrons. The topological polar surface area (TPSA) is 99.4 Å². The lowest BCUT2D eigenvalue weighted by atomic mass is 9.54. The molecule has 5 rings (SSSR count). The minimum atomic E-state index is -1.11. The lowest BCUT2D eigenvalue weighted by molar-refractivity contribution is -0.141. The highest BCUT2D eigenvalue weighted by molar-refractivity contribution is 5.80. The van der Waals surface area contributed by atoms with Crippen molar-refractivity contribution in [2.45, 2.75) is 56.6 Å². The van der Waals surface area contributed by atoms with E-state index in [-0.39, 0.29) is 6.42 Å². The fourth-order valence-corrected chi connectivity index (χ4v) is 5.73. The van der Waals surface area contributed by atoms with Crippen LogP contribution in [0.4, 0.5) is 4.79 Å². The third-order valence-electron chi connectivity index (χ3n) is 6.38. The van der Waals surface area contributed by atoms with Crippen LogP contribution in [0.2, 0.25) is 0 Å². The van der Waals surface area contributed by atoms with Gasteiger partial charge >= 0.3 is 12.1 Å². The van der Waals surface area contributed by atoms with Crippen LogP contribution >= 0.6 is 0 Å². The monoisotopic (exact) mass is 368 g/mol. The quantitative estimate of drug-likeness (QED) is 0.831. The van der Waals surface area contributed by atoms with Crippen molar-refractivity contribution in [1.82, 2.24) is 5.32 Å². The number of carboxylic acids is 1. The zero-order valence-electron chi connectivity index (χ0n) is 15.2. The van der Waals surface area contributed by atoms with E-state index in [1.54, 1.807) is 24.3 Å². The summed E-state index contributed by atoms with van der Waals surface area (Å²) in [4.78, 5) is 24.1. The summed E-state index contributed by atoms with van der Waals surface area (Å²) in [7, 11) is 0. The number of benzene rings is 1. The van der Waals surface area contributed by atoms with E-state index in [4.69, 9.17) is 10.00 Å². The van der Waals surface area contributed by atoms with Crippen molar-refractivity contribution >= 4 is 12.1 Å². The SMILES string of the molecule is N#Cc1cccc(C[C@H](NC(=O)OC23CC4CC(CC(C4)C2)C3)C(=O)O)c1. The van der Waals surface area contributed by atoms with Crippen LogP contribution in [0.15, 0.2) is 24.3 Å². The lowest BCUT2D eigenvalue weighted by Gasteiger charge is -2.55. The first kappa shape index (κ1) is 17.8. The minimum Gasteiger partial charge on any atom is -0.480 e. The highest BCUT2D eigenvalue weighted by Gasteiger charge is 2.53. The van der Waals surface area contributed by atoms with Crippen LogP contribution in [0.1, 0.15) is 49.7 Å². The Bertz CT molecular complexity index is 762. The average molecular weight is 368 g/mol. The Balaban J connectivity index is 1.41. The molecule has 6 heteroatoms. The van der Waals surface area contributed by atoms with Crippen LogP contribution in [0.5, 0.6) is 0 Å². The number of hydrogen-bond acceptors (Lipinski definition) is 4. The normalized spacial score (nSPS) is 31.7. The number of alkyl carbamates (subject to hydrolysis) is 1. The van der Waals surface area contributed by atoms with E-state index < -0.39 is 23.7 Å². The van der Waals surface area contributed by atoms with Crippen molar-refractivity contribution < 1.29 is 19.4 Å². The molecule has 1 aromatic rings. The Labute approximate surface area is 158 Å². The highest BCUT2D eigenvalue weighted by atomic mass is 16.6. The number of carboxylic acid groups (broad SMARTS) is 1. The fraction of sp³-hybridized carbons (Fsp3) is 0.571. The smallest absolute Gasteiger partial charge is 0.408 e. The van der Waals surface area contributed by atoms with Gasteiger partial charge in [-0.05, 0) is 74.0 Å². The van der Waals surface area contributed by atoms with E-state index in [1.807, 2.05) is 6.07 Å². The first-order valence-electron chi connectivity index (χ1n) is 9.66. The van der Waals surface area contributed by atoms with Gasteiger partial charge in [0.1, 0.15) is 11.6 Å². The second-order valence-corrected chi connectivity index (χ2v) is 8.54. The molecule has 0 unspecified atom stereocenters. The molecule has 1 aromatic carbocycles. The summed E-state index contributed by atoms with van der Waals surface area (Å²) in [6, 6.07) is 7.72. The van der Waals surface area contributed by atoms with Crippen molar-refractivity contribution in [3.05, 3.63) is 35.4 Å². The Morgan fingerprint density at radius 3 is 2.41 bits per heavy atom. The maximum Gasteiger partial charge on any atom is 0.408 e. The fourth-order valence-electron chi connectivity index (χ4n) is 5.73. The lowest BCUT2D eigenvalue weighted by Crippen LogP contribution is -2.55. The van der Waals surface area contributed by atoms with Gasteiger partial charge in [0.15, 0.2) is 0 Å². The van der Waals surface area contributed by atoms with Gasteiger partial charge < -0.3 is 15.2 Å². The van der Waals surface area contributed by atoms with Crippen molar-refractivity contribution in [3.63, 3.8) is 0 Å². The van der Waals surface area contributed by atoms with Gasteiger partial charge in [0.2, 0.25) is 0 Å². The van der Waals surface area contributed by atoms with Crippen molar-refractivity contribution in [2.24, 2.45) is 17.8 Å². The molecule has 4 fully saturated rings. The maximum absolute atomic E-state index is 12.5. The molecule has 4 bridgehead atoms. The van der Waals surface area contributed by atoms with Gasteiger partial charge in [0.05, 0.1) is 11.6 Å². The largest absolute Gasteiger partial charge is 0.480 e. The van der Waals surface area contributed by atoms with E-state index in [0.717, 1.165) is 19.3 Å². The highest BCUT2D eigenvalue weighted by Crippen LogP contribution is 2.57. The molecule has 2 N–H and O–H groups in total. The molecule has 0 saturated heterocycles. The van der Waals surface area contributed by atoms with Gasteiger partial charge in [-0.25, -0.2) is 9.59 Å². The zero-order valence-corrected chi connectivity index (χ0v) is 15.2. The molecule has 6 nitrogen and oxygen atoms in total. The molecule has 0 radical (unpaired) electrons. The predicted octanol–water partition coefficient (Wildman–Crippen LogP) is 3.25. The summed E-state index contributed by atoms with van der Waals surface area (Å²) >= 11 is 0. The molecule has 1 amide bonds. The predicted molar refractivity (Wildman–Crippen MR) is 96.8 cm³/mol. The van der Waals surface area contributed by atoms with Crippen molar-refractivity contribution in [1.29, 1.82) is 5.26 Å². The number of carbonyl (C=O) groups excluding carboxylic acids is 1. The van der Waals surface area contributed by atoms with E-state index in [0.29, 0.717) is 28.9 Å². The summed E-state index contributed by atoms with van der Waals surface area (Å²) in [6.45, 7) is 0. The molecule has 27 heavy (non-hydrogen) atoms. The van der Waals surface area contributed by atoms with Crippen LogP contribution in [-0.4, -0.2) is 28.8 Å². The summed E-state index contributed by atoms with van der Waals surface area (Å²) < 4.78 is 5.85. The number of carbonyl (C=O) groups is 2. The number of nitriles is 1. The number of ether oxygens (including phenoxy) is 1. The van der Waals surface area contributed by atoms with Gasteiger partial charge in [-0.15, -0.1) is 0 Å². The van der Waals surface area contributed by atoms with Gasteiger partial charge in [-0.3, -0.25) is 0 Å². The first-order valence-corrected chi connectivity index (χ1v) is 9.66. The van der Waals surface area contributed by atoms with Gasteiger partial charge in [0, 0.05) is 6.42 Å². The van der Waals surface area contributed by atoms with Crippen molar-refractivity contribution in [2.75, 3.05) is 0 Å². The van der Waals surface area contributed by atoms with Crippen LogP contribution in [0, 0.1) is 29.1 Å². The maximum atomic E-state index is 12.5. The number of aliphatic carboxylic acids is 1. The number of hydrogen-bond donors (Lipinski definition) is 2. The van der Waals surface area contributed by atoms with Crippen LogP contribution in [0.3, 0.4) is 0 Å². The molecule has 1 atom stereocenters. The molecular formula is C21H24N2O4. The van der Waals surface area contributed by atoms with Crippen LogP contribution < -0.4 is 5.32 Å². The Hall–Kier alpha value is -2.55. The second kappa shape index (κ2) is 6.88. The second-order valence-electron chi connectivity index (χ2n) is 8.54. The Morgan fingerprint density at radius 1 is 1.22 bits per heavy atom. The summed E-state index contributed by atoms with van der Waals surface area (Å²) in [5, 5.41) is 21.0. The van der Waals surface area contributed by atoms with Crippen LogP contribution in [0.25, 0.3) is 0 Å². The number of nitrogens with one attached hydrogen (secondary N) is 1. The molecule has 4 aliphatic rings. The van der Waals surface area contributed by atoms with E-state index in [2.05, 4.69) is 5.32 Å². The third kappa shape index (κ3) is 3.78. The number of rotatable bonds is 5.